The number of hydrogen-bond donors (Lipinski definition) is 2. The highest BCUT2D eigenvalue weighted by molar-refractivity contribution is 6.30. The first-order chi connectivity index (χ1) is 6.70. The summed E-state index contributed by atoms with van der Waals surface area (Å²) in [4.78, 5) is 0. The number of hydrogen-bond acceptors (Lipinski definition) is 3. The average molecular weight is 208 g/mol. The van der Waals surface area contributed by atoms with E-state index in [1.165, 1.54) is 0 Å². The van der Waals surface area contributed by atoms with Crippen LogP contribution in [0.25, 0.3) is 0 Å². The second-order valence-corrected chi connectivity index (χ2v) is 3.89. The SMILES string of the molecule is N#Cc1cc(Cl)ccc1NC1CC1N. The molecule has 0 amide bonds. The molecule has 3 N–H and O–H groups in total. The van der Waals surface area contributed by atoms with E-state index in [1.807, 2.05) is 6.07 Å². The van der Waals surface area contributed by atoms with Gasteiger partial charge in [-0.2, -0.15) is 5.26 Å². The van der Waals surface area contributed by atoms with Crippen molar-refractivity contribution in [1.29, 1.82) is 5.26 Å². The van der Waals surface area contributed by atoms with Gasteiger partial charge in [-0.05, 0) is 24.6 Å². The van der Waals surface area contributed by atoms with Crippen molar-refractivity contribution in [1.82, 2.24) is 0 Å². The summed E-state index contributed by atoms with van der Waals surface area (Å²) >= 11 is 5.77. The molecular formula is C10H10ClN3. The van der Waals surface area contributed by atoms with Gasteiger partial charge >= 0.3 is 0 Å². The molecule has 2 unspecified atom stereocenters. The molecule has 1 saturated carbocycles. The minimum Gasteiger partial charge on any atom is -0.380 e. The van der Waals surface area contributed by atoms with Gasteiger partial charge in [0.05, 0.1) is 11.3 Å². The Hall–Kier alpha value is -1.24. The topological polar surface area (TPSA) is 61.8 Å². The van der Waals surface area contributed by atoms with Gasteiger partial charge in [-0.25, -0.2) is 0 Å². The molecule has 72 valence electrons. The Labute approximate surface area is 87.5 Å². The summed E-state index contributed by atoms with van der Waals surface area (Å²) < 4.78 is 0. The lowest BCUT2D eigenvalue weighted by atomic mass is 10.2. The maximum Gasteiger partial charge on any atom is 0.101 e. The van der Waals surface area contributed by atoms with E-state index in [4.69, 9.17) is 22.6 Å². The van der Waals surface area contributed by atoms with Gasteiger partial charge < -0.3 is 11.1 Å². The van der Waals surface area contributed by atoms with Crippen molar-refractivity contribution < 1.29 is 0 Å². The molecule has 3 nitrogen and oxygen atoms in total. The molecule has 0 spiro atoms. The van der Waals surface area contributed by atoms with E-state index in [9.17, 15) is 0 Å². The highest BCUT2D eigenvalue weighted by Crippen LogP contribution is 2.27. The number of benzene rings is 1. The Balaban J connectivity index is 2.20. The third-order valence-electron chi connectivity index (χ3n) is 2.28. The number of halogens is 1. The summed E-state index contributed by atoms with van der Waals surface area (Å²) in [6.45, 7) is 0. The molecule has 2 atom stereocenters. The molecule has 1 aromatic rings. The standard InChI is InChI=1S/C10H10ClN3/c11-7-1-2-9(6(3-7)5-12)14-10-4-8(10)13/h1-3,8,10,14H,4,13H2. The summed E-state index contributed by atoms with van der Waals surface area (Å²) in [7, 11) is 0. The Kier molecular flexibility index (Phi) is 2.32. The largest absolute Gasteiger partial charge is 0.380 e. The molecule has 0 radical (unpaired) electrons. The second kappa shape index (κ2) is 3.49. The first-order valence-corrected chi connectivity index (χ1v) is 4.80. The average Bonchev–Trinajstić information content (AvgIpc) is 2.85. The van der Waals surface area contributed by atoms with E-state index in [0.29, 0.717) is 16.6 Å². The van der Waals surface area contributed by atoms with Crippen LogP contribution in [0.1, 0.15) is 12.0 Å². The quantitative estimate of drug-likeness (QED) is 0.777. The predicted octanol–water partition coefficient (Wildman–Crippen LogP) is 1.72. The van der Waals surface area contributed by atoms with Crippen LogP contribution in [-0.4, -0.2) is 12.1 Å². The summed E-state index contributed by atoms with van der Waals surface area (Å²) in [6, 6.07) is 7.85. The molecular weight excluding hydrogens is 198 g/mol. The molecule has 4 heteroatoms. The van der Waals surface area contributed by atoms with Crippen LogP contribution < -0.4 is 11.1 Å². The maximum atomic E-state index is 8.86. The van der Waals surface area contributed by atoms with E-state index in [2.05, 4.69) is 11.4 Å². The Morgan fingerprint density at radius 1 is 1.57 bits per heavy atom. The zero-order chi connectivity index (χ0) is 10.1. The van der Waals surface area contributed by atoms with Crippen LogP contribution in [0, 0.1) is 11.3 Å². The Bertz CT molecular complexity index is 397. The van der Waals surface area contributed by atoms with Crippen molar-refractivity contribution in [2.24, 2.45) is 5.73 Å². The van der Waals surface area contributed by atoms with Gasteiger partial charge in [0.1, 0.15) is 6.07 Å². The van der Waals surface area contributed by atoms with Crippen LogP contribution in [0.5, 0.6) is 0 Å². The van der Waals surface area contributed by atoms with Crippen molar-refractivity contribution in [3.63, 3.8) is 0 Å². The zero-order valence-electron chi connectivity index (χ0n) is 7.50. The second-order valence-electron chi connectivity index (χ2n) is 3.45. The van der Waals surface area contributed by atoms with Crippen molar-refractivity contribution in [3.05, 3.63) is 28.8 Å². The van der Waals surface area contributed by atoms with Crippen LogP contribution in [0.15, 0.2) is 18.2 Å². The molecule has 0 saturated heterocycles. The van der Waals surface area contributed by atoms with E-state index < -0.39 is 0 Å². The molecule has 1 aliphatic rings. The first kappa shape index (κ1) is 9.32. The van der Waals surface area contributed by atoms with E-state index in [0.717, 1.165) is 12.1 Å². The van der Waals surface area contributed by atoms with Crippen LogP contribution in [0.2, 0.25) is 5.02 Å². The summed E-state index contributed by atoms with van der Waals surface area (Å²) in [6.07, 6.45) is 0.966. The van der Waals surface area contributed by atoms with Gasteiger partial charge in [0.25, 0.3) is 0 Å². The number of nitrogens with zero attached hydrogens (tertiary/aromatic N) is 1. The maximum absolute atomic E-state index is 8.86. The minimum atomic E-state index is 0.220. The number of anilines is 1. The van der Waals surface area contributed by atoms with Crippen LogP contribution >= 0.6 is 11.6 Å². The Morgan fingerprint density at radius 2 is 2.29 bits per heavy atom. The van der Waals surface area contributed by atoms with Crippen molar-refractivity contribution in [3.8, 4) is 6.07 Å². The fourth-order valence-electron chi connectivity index (χ4n) is 1.32. The lowest BCUT2D eigenvalue weighted by molar-refractivity contribution is 1.01. The lowest BCUT2D eigenvalue weighted by Crippen LogP contribution is -2.13. The number of nitrogens with one attached hydrogen (secondary N) is 1. The highest BCUT2D eigenvalue weighted by atomic mass is 35.5. The zero-order valence-corrected chi connectivity index (χ0v) is 8.25. The number of nitriles is 1. The minimum absolute atomic E-state index is 0.220. The molecule has 0 bridgehead atoms. The lowest BCUT2D eigenvalue weighted by Gasteiger charge is -2.06. The van der Waals surface area contributed by atoms with Gasteiger partial charge in [0, 0.05) is 17.1 Å². The van der Waals surface area contributed by atoms with Crippen molar-refractivity contribution >= 4 is 17.3 Å². The summed E-state index contributed by atoms with van der Waals surface area (Å²) in [5, 5.41) is 12.6. The van der Waals surface area contributed by atoms with Gasteiger partial charge in [0.2, 0.25) is 0 Å². The van der Waals surface area contributed by atoms with Crippen LogP contribution in [-0.2, 0) is 0 Å². The third kappa shape index (κ3) is 1.82. The van der Waals surface area contributed by atoms with Gasteiger partial charge in [-0.3, -0.25) is 0 Å². The smallest absolute Gasteiger partial charge is 0.101 e. The first-order valence-electron chi connectivity index (χ1n) is 4.42. The fraction of sp³-hybridized carbons (Fsp3) is 0.300. The van der Waals surface area contributed by atoms with Crippen LogP contribution in [0.4, 0.5) is 5.69 Å². The number of rotatable bonds is 2. The van der Waals surface area contributed by atoms with Gasteiger partial charge in [0.15, 0.2) is 0 Å². The van der Waals surface area contributed by atoms with E-state index in [-0.39, 0.29) is 6.04 Å². The monoisotopic (exact) mass is 207 g/mol. The molecule has 2 rings (SSSR count). The summed E-state index contributed by atoms with van der Waals surface area (Å²) in [5.74, 6) is 0. The fourth-order valence-corrected chi connectivity index (χ4v) is 1.49. The third-order valence-corrected chi connectivity index (χ3v) is 2.52. The molecule has 1 aliphatic carbocycles. The molecule has 14 heavy (non-hydrogen) atoms. The van der Waals surface area contributed by atoms with Crippen molar-refractivity contribution in [2.45, 2.75) is 18.5 Å². The van der Waals surface area contributed by atoms with Gasteiger partial charge in [-0.1, -0.05) is 11.6 Å². The Morgan fingerprint density at radius 3 is 2.86 bits per heavy atom. The van der Waals surface area contributed by atoms with E-state index >= 15 is 0 Å². The molecule has 0 aliphatic heterocycles. The predicted molar refractivity (Wildman–Crippen MR) is 56.2 cm³/mol. The molecule has 0 heterocycles. The summed E-state index contributed by atoms with van der Waals surface area (Å²) in [5.41, 5.74) is 7.05. The number of nitrogens with two attached hydrogens (primary N) is 1. The van der Waals surface area contributed by atoms with Crippen molar-refractivity contribution in [2.75, 3.05) is 5.32 Å². The highest BCUT2D eigenvalue weighted by Gasteiger charge is 2.33. The van der Waals surface area contributed by atoms with Gasteiger partial charge in [-0.15, -0.1) is 0 Å². The van der Waals surface area contributed by atoms with Crippen LogP contribution in [0.3, 0.4) is 0 Å². The molecule has 1 fully saturated rings. The molecule has 1 aromatic carbocycles. The normalized spacial score (nSPS) is 24.1. The molecule has 0 aromatic heterocycles. The van der Waals surface area contributed by atoms with E-state index in [1.54, 1.807) is 12.1 Å².